The minimum absolute atomic E-state index is 0.198. The number of anilines is 3. The maximum absolute atomic E-state index is 13.1. The molecule has 2 rings (SSSR count). The van der Waals surface area contributed by atoms with Gasteiger partial charge in [-0.1, -0.05) is 6.92 Å². The molecule has 21 heavy (non-hydrogen) atoms. The number of ether oxygens (including phenoxy) is 1. The largest absolute Gasteiger partial charge is 0.467 e. The Morgan fingerprint density at radius 3 is 2.67 bits per heavy atom. The first-order chi connectivity index (χ1) is 10.1. The van der Waals surface area contributed by atoms with Crippen molar-refractivity contribution in [3.63, 3.8) is 0 Å². The predicted octanol–water partition coefficient (Wildman–Crippen LogP) is 3.35. The molecule has 0 unspecified atom stereocenters. The van der Waals surface area contributed by atoms with Gasteiger partial charge in [0.15, 0.2) is 0 Å². The summed E-state index contributed by atoms with van der Waals surface area (Å²) < 4.78 is 18.7. The van der Waals surface area contributed by atoms with Crippen LogP contribution in [0.5, 0.6) is 6.01 Å². The monoisotopic (exact) mass is 355 g/mol. The topological polar surface area (TPSA) is 72.0 Å². The van der Waals surface area contributed by atoms with Crippen molar-refractivity contribution >= 4 is 33.5 Å². The summed E-state index contributed by atoms with van der Waals surface area (Å²) in [6.45, 7) is 2.78. The number of methoxy groups -OCH3 is 1. The average molecular weight is 356 g/mol. The van der Waals surface area contributed by atoms with E-state index in [4.69, 9.17) is 4.74 Å². The summed E-state index contributed by atoms with van der Waals surface area (Å²) in [4.78, 5) is 12.4. The lowest BCUT2D eigenvalue weighted by molar-refractivity contribution is 0.379. The first-order valence-corrected chi connectivity index (χ1v) is 7.17. The fourth-order valence-corrected chi connectivity index (χ4v) is 1.98. The van der Waals surface area contributed by atoms with Gasteiger partial charge in [0, 0.05) is 11.0 Å². The van der Waals surface area contributed by atoms with Crippen LogP contribution >= 0.6 is 15.9 Å². The van der Waals surface area contributed by atoms with Crippen molar-refractivity contribution in [3.8, 4) is 6.01 Å². The van der Waals surface area contributed by atoms with Crippen LogP contribution in [-0.2, 0) is 0 Å². The maximum atomic E-state index is 13.1. The van der Waals surface area contributed by atoms with Crippen LogP contribution in [0, 0.1) is 5.82 Å². The maximum Gasteiger partial charge on any atom is 0.322 e. The van der Waals surface area contributed by atoms with Gasteiger partial charge in [0.1, 0.15) is 5.82 Å². The summed E-state index contributed by atoms with van der Waals surface area (Å²) in [5.41, 5.74) is 0.645. The van der Waals surface area contributed by atoms with Crippen molar-refractivity contribution in [2.45, 2.75) is 13.3 Å². The quantitative estimate of drug-likeness (QED) is 0.827. The second-order valence-corrected chi connectivity index (χ2v) is 5.00. The van der Waals surface area contributed by atoms with Crippen LogP contribution in [0.3, 0.4) is 0 Å². The van der Waals surface area contributed by atoms with Gasteiger partial charge in [0.05, 0.1) is 12.8 Å². The molecule has 0 aliphatic carbocycles. The SMILES string of the molecule is CCCNc1nc(Nc2ccc(F)cc2Br)nc(OC)n1. The van der Waals surface area contributed by atoms with E-state index in [1.165, 1.54) is 19.2 Å². The Labute approximate surface area is 130 Å². The Morgan fingerprint density at radius 2 is 2.00 bits per heavy atom. The lowest BCUT2D eigenvalue weighted by atomic mass is 10.3. The normalized spacial score (nSPS) is 10.3. The van der Waals surface area contributed by atoms with Crippen LogP contribution in [0.25, 0.3) is 0 Å². The van der Waals surface area contributed by atoms with Gasteiger partial charge in [-0.2, -0.15) is 15.0 Å². The predicted molar refractivity (Wildman–Crippen MR) is 82.5 cm³/mol. The molecule has 8 heteroatoms. The molecule has 0 saturated heterocycles. The molecule has 2 N–H and O–H groups in total. The van der Waals surface area contributed by atoms with Crippen molar-refractivity contribution in [2.24, 2.45) is 0 Å². The first kappa shape index (κ1) is 15.4. The second-order valence-electron chi connectivity index (χ2n) is 4.15. The minimum Gasteiger partial charge on any atom is -0.467 e. The number of nitrogens with zero attached hydrogens (tertiary/aromatic N) is 3. The van der Waals surface area contributed by atoms with E-state index in [0.717, 1.165) is 13.0 Å². The number of benzene rings is 1. The van der Waals surface area contributed by atoms with Gasteiger partial charge in [0.2, 0.25) is 11.9 Å². The highest BCUT2D eigenvalue weighted by atomic mass is 79.9. The smallest absolute Gasteiger partial charge is 0.322 e. The summed E-state index contributed by atoms with van der Waals surface area (Å²) in [5, 5.41) is 6.06. The second kappa shape index (κ2) is 7.16. The number of halogens is 2. The van der Waals surface area contributed by atoms with Gasteiger partial charge in [-0.05, 0) is 40.5 Å². The number of aromatic nitrogens is 3. The zero-order valence-corrected chi connectivity index (χ0v) is 13.2. The average Bonchev–Trinajstić information content (AvgIpc) is 2.48. The first-order valence-electron chi connectivity index (χ1n) is 6.38. The van der Waals surface area contributed by atoms with Crippen molar-refractivity contribution in [2.75, 3.05) is 24.3 Å². The molecular formula is C13H15BrFN5O. The standard InChI is InChI=1S/C13H15BrFN5O/c1-3-6-16-11-18-12(20-13(19-11)21-2)17-10-5-4-8(15)7-9(10)14/h4-5,7H,3,6H2,1-2H3,(H2,16,17,18,19,20). The van der Waals surface area contributed by atoms with Gasteiger partial charge >= 0.3 is 6.01 Å². The fraction of sp³-hybridized carbons (Fsp3) is 0.308. The Morgan fingerprint density at radius 1 is 1.24 bits per heavy atom. The molecule has 0 atom stereocenters. The molecule has 0 aliphatic heterocycles. The van der Waals surface area contributed by atoms with Crippen LogP contribution in [0.4, 0.5) is 22.0 Å². The summed E-state index contributed by atoms with van der Waals surface area (Å²) >= 11 is 3.28. The van der Waals surface area contributed by atoms with Crippen LogP contribution in [-0.4, -0.2) is 28.6 Å². The molecule has 0 bridgehead atoms. The van der Waals surface area contributed by atoms with E-state index >= 15 is 0 Å². The fourth-order valence-electron chi connectivity index (χ4n) is 1.53. The van der Waals surface area contributed by atoms with Crippen molar-refractivity contribution in [1.29, 1.82) is 0 Å². The van der Waals surface area contributed by atoms with Crippen molar-refractivity contribution < 1.29 is 9.13 Å². The highest BCUT2D eigenvalue weighted by Gasteiger charge is 2.09. The molecular weight excluding hydrogens is 341 g/mol. The van der Waals surface area contributed by atoms with E-state index in [1.807, 2.05) is 6.92 Å². The molecule has 2 aromatic rings. The molecule has 6 nitrogen and oxygen atoms in total. The molecule has 1 heterocycles. The lowest BCUT2D eigenvalue weighted by Crippen LogP contribution is -2.09. The third-order valence-corrected chi connectivity index (χ3v) is 3.16. The molecule has 0 fully saturated rings. The summed E-state index contributed by atoms with van der Waals surface area (Å²) in [6.07, 6.45) is 0.945. The number of hydrogen-bond donors (Lipinski definition) is 2. The molecule has 0 amide bonds. The van der Waals surface area contributed by atoms with Crippen LogP contribution < -0.4 is 15.4 Å². The van der Waals surface area contributed by atoms with Gasteiger partial charge in [-0.3, -0.25) is 0 Å². The third kappa shape index (κ3) is 4.25. The zero-order valence-electron chi connectivity index (χ0n) is 11.7. The molecule has 0 saturated carbocycles. The summed E-state index contributed by atoms with van der Waals surface area (Å²) in [7, 11) is 1.48. The van der Waals surface area contributed by atoms with Gasteiger partial charge in [-0.25, -0.2) is 4.39 Å². The van der Waals surface area contributed by atoms with Crippen molar-refractivity contribution in [3.05, 3.63) is 28.5 Å². The third-order valence-electron chi connectivity index (χ3n) is 2.51. The number of hydrogen-bond acceptors (Lipinski definition) is 6. The van der Waals surface area contributed by atoms with E-state index in [9.17, 15) is 4.39 Å². The Kier molecular flexibility index (Phi) is 5.26. The van der Waals surface area contributed by atoms with E-state index in [1.54, 1.807) is 6.07 Å². The van der Waals surface area contributed by atoms with Crippen LogP contribution in [0.1, 0.15) is 13.3 Å². The Bertz CT molecular complexity index is 626. The van der Waals surface area contributed by atoms with Crippen LogP contribution in [0.2, 0.25) is 0 Å². The van der Waals surface area contributed by atoms with Gasteiger partial charge < -0.3 is 15.4 Å². The highest BCUT2D eigenvalue weighted by molar-refractivity contribution is 9.10. The van der Waals surface area contributed by atoms with Crippen molar-refractivity contribution in [1.82, 2.24) is 15.0 Å². The van der Waals surface area contributed by atoms with Crippen LogP contribution in [0.15, 0.2) is 22.7 Å². The summed E-state index contributed by atoms with van der Waals surface area (Å²) in [6, 6.07) is 4.50. The van der Waals surface area contributed by atoms with E-state index in [2.05, 4.69) is 41.5 Å². The van der Waals surface area contributed by atoms with E-state index < -0.39 is 0 Å². The molecule has 0 spiro atoms. The highest BCUT2D eigenvalue weighted by Crippen LogP contribution is 2.26. The zero-order chi connectivity index (χ0) is 15.2. The summed E-state index contributed by atoms with van der Waals surface area (Å²) in [5.74, 6) is 0.406. The molecule has 1 aromatic carbocycles. The van der Waals surface area contributed by atoms with E-state index in [-0.39, 0.29) is 11.8 Å². The number of nitrogens with one attached hydrogen (secondary N) is 2. The Hall–Kier alpha value is -1.96. The number of rotatable bonds is 6. The van der Waals surface area contributed by atoms with Gasteiger partial charge in [0.25, 0.3) is 0 Å². The van der Waals surface area contributed by atoms with E-state index in [0.29, 0.717) is 22.1 Å². The molecule has 0 aliphatic rings. The van der Waals surface area contributed by atoms with Gasteiger partial charge in [-0.15, -0.1) is 0 Å². The Balaban J connectivity index is 2.25. The molecule has 0 radical (unpaired) electrons. The molecule has 112 valence electrons. The lowest BCUT2D eigenvalue weighted by Gasteiger charge is -2.10. The minimum atomic E-state index is -0.328. The molecule has 1 aromatic heterocycles.